The van der Waals surface area contributed by atoms with Gasteiger partial charge in [-0.3, -0.25) is 9.59 Å². The Morgan fingerprint density at radius 2 is 0.792 bits per heavy atom. The van der Waals surface area contributed by atoms with Crippen LogP contribution in [-0.4, -0.2) is 160 Å². The first-order valence-electron chi connectivity index (χ1n) is 17.8. The lowest BCUT2D eigenvalue weighted by molar-refractivity contribution is -0.123. The number of hydrogen-bond acceptors (Lipinski definition) is 13. The molecule has 0 saturated heterocycles. The monoisotopic (exact) mass is 697 g/mol. The second-order valence-corrected chi connectivity index (χ2v) is 11.0. The van der Waals surface area contributed by atoms with Gasteiger partial charge >= 0.3 is 0 Å². The van der Waals surface area contributed by atoms with Crippen molar-refractivity contribution in [3.05, 3.63) is 0 Å². The standard InChI is InChI=1S/C33H67N3O12/c34-31(33(40)36-12-6-2-4-8-16-42-20-24-46-28-30-48-26-22-44-18-14-38)9-10-32(39)35-11-5-1-3-7-15-41-19-23-45-27-29-47-25-21-43-17-13-37/h31,37-38H,1-30,34H2,(H,35,39)(H,36,40)/t31-/m0/s1. The van der Waals surface area contributed by atoms with Crippen LogP contribution in [0.3, 0.4) is 0 Å². The lowest BCUT2D eigenvalue weighted by Crippen LogP contribution is -2.41. The van der Waals surface area contributed by atoms with E-state index in [9.17, 15) is 9.59 Å². The van der Waals surface area contributed by atoms with Gasteiger partial charge in [0.05, 0.1) is 112 Å². The van der Waals surface area contributed by atoms with Crippen molar-refractivity contribution in [3.63, 3.8) is 0 Å². The zero-order chi connectivity index (χ0) is 35.0. The molecular formula is C33H67N3O12. The number of aliphatic hydroxyl groups is 2. The number of hydrogen-bond donors (Lipinski definition) is 5. The van der Waals surface area contributed by atoms with Crippen molar-refractivity contribution in [3.8, 4) is 0 Å². The summed E-state index contributed by atoms with van der Waals surface area (Å²) in [6, 6.07) is -0.689. The van der Waals surface area contributed by atoms with Crippen LogP contribution in [0.15, 0.2) is 0 Å². The Balaban J connectivity index is 3.36. The number of ether oxygens (including phenoxy) is 8. The summed E-state index contributed by atoms with van der Waals surface area (Å²) in [7, 11) is 0. The Kier molecular flexibility index (Phi) is 38.7. The molecule has 0 bridgehead atoms. The molecule has 0 radical (unpaired) electrons. The van der Waals surface area contributed by atoms with Crippen LogP contribution in [0.2, 0.25) is 0 Å². The minimum absolute atomic E-state index is 0.0190. The third-order valence-electron chi connectivity index (χ3n) is 6.77. The van der Waals surface area contributed by atoms with Crippen molar-refractivity contribution < 1.29 is 57.7 Å². The Bertz CT molecular complexity index is 682. The van der Waals surface area contributed by atoms with Gasteiger partial charge in [-0.25, -0.2) is 0 Å². The van der Waals surface area contributed by atoms with E-state index in [-0.39, 0.29) is 31.4 Å². The highest BCUT2D eigenvalue weighted by atomic mass is 16.6. The fraction of sp³-hybridized carbons (Fsp3) is 0.939. The van der Waals surface area contributed by atoms with Gasteiger partial charge in [0.2, 0.25) is 11.8 Å². The first kappa shape index (κ1) is 46.5. The van der Waals surface area contributed by atoms with Crippen molar-refractivity contribution in [2.45, 2.75) is 70.3 Å². The van der Waals surface area contributed by atoms with Crippen LogP contribution in [0.25, 0.3) is 0 Å². The Labute approximate surface area is 288 Å². The molecule has 0 spiro atoms. The van der Waals surface area contributed by atoms with Crippen molar-refractivity contribution >= 4 is 11.8 Å². The lowest BCUT2D eigenvalue weighted by Gasteiger charge is -2.12. The summed E-state index contributed by atoms with van der Waals surface area (Å²) >= 11 is 0. The molecule has 15 nitrogen and oxygen atoms in total. The van der Waals surface area contributed by atoms with Gasteiger partial charge in [-0.1, -0.05) is 25.7 Å². The molecular weight excluding hydrogens is 630 g/mol. The second-order valence-electron chi connectivity index (χ2n) is 11.0. The highest BCUT2D eigenvalue weighted by molar-refractivity contribution is 5.82. The van der Waals surface area contributed by atoms with Crippen LogP contribution in [0.5, 0.6) is 0 Å². The summed E-state index contributed by atoms with van der Waals surface area (Å²) in [6.07, 6.45) is 8.27. The van der Waals surface area contributed by atoms with E-state index < -0.39 is 6.04 Å². The smallest absolute Gasteiger partial charge is 0.236 e. The van der Waals surface area contributed by atoms with Crippen LogP contribution in [-0.2, 0) is 47.5 Å². The highest BCUT2D eigenvalue weighted by Crippen LogP contribution is 2.02. The van der Waals surface area contributed by atoms with E-state index >= 15 is 0 Å². The summed E-state index contributed by atoms with van der Waals surface area (Å²) in [4.78, 5) is 24.3. The molecule has 0 unspecified atom stereocenters. The number of carbonyl (C=O) groups is 2. The summed E-state index contributed by atoms with van der Waals surface area (Å²) in [5.74, 6) is -0.298. The fourth-order valence-electron chi connectivity index (χ4n) is 4.09. The zero-order valence-electron chi connectivity index (χ0n) is 29.3. The molecule has 0 aliphatic carbocycles. The molecule has 2 amide bonds. The van der Waals surface area contributed by atoms with Crippen LogP contribution < -0.4 is 16.4 Å². The third kappa shape index (κ3) is 37.3. The molecule has 0 aromatic rings. The Morgan fingerprint density at radius 1 is 0.458 bits per heavy atom. The molecule has 0 aliphatic rings. The van der Waals surface area contributed by atoms with E-state index in [0.717, 1.165) is 51.4 Å². The van der Waals surface area contributed by atoms with E-state index in [1.807, 2.05) is 0 Å². The summed E-state index contributed by atoms with van der Waals surface area (Å²) in [6.45, 7) is 9.32. The van der Waals surface area contributed by atoms with Gasteiger partial charge < -0.3 is 64.5 Å². The Hall–Kier alpha value is -1.50. The van der Waals surface area contributed by atoms with Gasteiger partial charge in [-0.05, 0) is 32.1 Å². The number of rotatable bonds is 40. The van der Waals surface area contributed by atoms with Gasteiger partial charge in [0, 0.05) is 32.7 Å². The maximum Gasteiger partial charge on any atom is 0.236 e. The molecule has 0 heterocycles. The number of nitrogens with one attached hydrogen (secondary N) is 2. The van der Waals surface area contributed by atoms with Gasteiger partial charge in [0.1, 0.15) is 0 Å². The maximum absolute atomic E-state index is 12.2. The first-order valence-corrected chi connectivity index (χ1v) is 17.8. The van der Waals surface area contributed by atoms with Crippen LogP contribution in [0, 0.1) is 0 Å². The van der Waals surface area contributed by atoms with Crippen molar-refractivity contribution in [1.29, 1.82) is 0 Å². The van der Waals surface area contributed by atoms with Gasteiger partial charge in [0.15, 0.2) is 0 Å². The van der Waals surface area contributed by atoms with E-state index in [4.69, 9.17) is 53.8 Å². The van der Waals surface area contributed by atoms with Crippen LogP contribution in [0.1, 0.15) is 64.2 Å². The second kappa shape index (κ2) is 39.9. The fourth-order valence-corrected chi connectivity index (χ4v) is 4.09. The summed E-state index contributed by atoms with van der Waals surface area (Å²) in [5.41, 5.74) is 5.97. The molecule has 0 rings (SSSR count). The van der Waals surface area contributed by atoms with Crippen molar-refractivity contribution in [2.75, 3.05) is 132 Å². The Morgan fingerprint density at radius 3 is 1.19 bits per heavy atom. The first-order chi connectivity index (χ1) is 23.6. The molecule has 0 aromatic carbocycles. The maximum atomic E-state index is 12.2. The normalized spacial score (nSPS) is 12.0. The van der Waals surface area contributed by atoms with Gasteiger partial charge in [-0.15, -0.1) is 0 Å². The quantitative estimate of drug-likeness (QED) is 0.0558. The van der Waals surface area contributed by atoms with E-state index in [0.29, 0.717) is 125 Å². The van der Waals surface area contributed by atoms with Gasteiger partial charge in [0.25, 0.3) is 0 Å². The largest absolute Gasteiger partial charge is 0.394 e. The SMILES string of the molecule is N[C@@H](CCC(=O)NCCCCCCOCCOCCOCCOCCO)C(=O)NCCCCCCOCCOCCOCCOCCO. The number of aliphatic hydroxyl groups excluding tert-OH is 2. The molecule has 48 heavy (non-hydrogen) atoms. The zero-order valence-corrected chi connectivity index (χ0v) is 29.3. The molecule has 6 N–H and O–H groups in total. The predicted octanol–water partition coefficient (Wildman–Crippen LogP) is 0.565. The van der Waals surface area contributed by atoms with E-state index in [1.165, 1.54) is 0 Å². The molecule has 0 aliphatic heterocycles. The summed E-state index contributed by atoms with van der Waals surface area (Å²) < 4.78 is 42.9. The third-order valence-corrected chi connectivity index (χ3v) is 6.77. The highest BCUT2D eigenvalue weighted by Gasteiger charge is 2.14. The minimum Gasteiger partial charge on any atom is -0.394 e. The van der Waals surface area contributed by atoms with Crippen molar-refractivity contribution in [1.82, 2.24) is 10.6 Å². The molecule has 0 aromatic heterocycles. The minimum atomic E-state index is -0.689. The number of amides is 2. The van der Waals surface area contributed by atoms with Crippen LogP contribution >= 0.6 is 0 Å². The van der Waals surface area contributed by atoms with Crippen LogP contribution in [0.4, 0.5) is 0 Å². The summed E-state index contributed by atoms with van der Waals surface area (Å²) in [5, 5.41) is 22.9. The average molecular weight is 698 g/mol. The average Bonchev–Trinajstić information content (AvgIpc) is 3.09. The molecule has 15 heteroatoms. The van der Waals surface area contributed by atoms with Gasteiger partial charge in [-0.2, -0.15) is 0 Å². The predicted molar refractivity (Wildman–Crippen MR) is 181 cm³/mol. The molecule has 1 atom stereocenters. The molecule has 0 fully saturated rings. The topological polar surface area (TPSA) is 199 Å². The number of carbonyl (C=O) groups excluding carboxylic acids is 2. The number of nitrogens with two attached hydrogens (primary N) is 1. The molecule has 0 saturated carbocycles. The van der Waals surface area contributed by atoms with E-state index in [2.05, 4.69) is 10.6 Å². The van der Waals surface area contributed by atoms with E-state index in [1.54, 1.807) is 0 Å². The molecule has 286 valence electrons. The number of unbranched alkanes of at least 4 members (excludes halogenated alkanes) is 6. The van der Waals surface area contributed by atoms with Crippen molar-refractivity contribution in [2.24, 2.45) is 5.73 Å². The lowest BCUT2D eigenvalue weighted by atomic mass is 10.1.